The highest BCUT2D eigenvalue weighted by atomic mass is 16.5. The van der Waals surface area contributed by atoms with Crippen LogP contribution in [-0.2, 0) is 14.3 Å². The van der Waals surface area contributed by atoms with Crippen LogP contribution in [0.25, 0.3) is 0 Å². The van der Waals surface area contributed by atoms with Crippen LogP contribution in [0.1, 0.15) is 30.6 Å². The number of hydrogen-bond donors (Lipinski definition) is 3. The Bertz CT molecular complexity index is 575. The van der Waals surface area contributed by atoms with Crippen LogP contribution >= 0.6 is 0 Å². The fourth-order valence-corrected chi connectivity index (χ4v) is 2.11. The number of para-hydroxylation sites is 1. The van der Waals surface area contributed by atoms with Crippen molar-refractivity contribution < 1.29 is 24.0 Å². The lowest BCUT2D eigenvalue weighted by molar-refractivity contribution is -0.862. The molecule has 1 atom stereocenters. The smallest absolute Gasteiger partial charge is 0.340 e. The number of hydrogen-bond acceptors (Lipinski definition) is 4. The quantitative estimate of drug-likeness (QED) is 0.547. The largest absolute Gasteiger partial charge is 0.462 e. The number of anilines is 1. The van der Waals surface area contributed by atoms with Crippen LogP contribution in [0.4, 0.5) is 5.69 Å². The van der Waals surface area contributed by atoms with Crippen molar-refractivity contribution in [2.45, 2.75) is 20.3 Å². The van der Waals surface area contributed by atoms with E-state index in [1.165, 1.54) is 0 Å². The second kappa shape index (κ2) is 10.4. The first-order chi connectivity index (χ1) is 11.5. The van der Waals surface area contributed by atoms with Crippen molar-refractivity contribution in [3.8, 4) is 0 Å². The Morgan fingerprint density at radius 3 is 2.42 bits per heavy atom. The average molecular weight is 336 g/mol. The molecule has 0 spiro atoms. The van der Waals surface area contributed by atoms with Crippen LogP contribution in [-0.4, -0.2) is 51.1 Å². The molecule has 0 fully saturated rings. The van der Waals surface area contributed by atoms with Gasteiger partial charge in [-0.25, -0.2) is 4.79 Å². The van der Waals surface area contributed by atoms with E-state index >= 15 is 0 Å². The summed E-state index contributed by atoms with van der Waals surface area (Å²) in [5.74, 6) is -0.838. The van der Waals surface area contributed by atoms with Crippen molar-refractivity contribution >= 4 is 23.5 Å². The lowest BCUT2D eigenvalue weighted by atomic mass is 10.2. The van der Waals surface area contributed by atoms with Gasteiger partial charge < -0.3 is 20.3 Å². The van der Waals surface area contributed by atoms with Gasteiger partial charge in [0.2, 0.25) is 0 Å². The molecule has 7 nitrogen and oxygen atoms in total. The Morgan fingerprint density at radius 1 is 1.08 bits per heavy atom. The van der Waals surface area contributed by atoms with E-state index < -0.39 is 5.97 Å². The van der Waals surface area contributed by atoms with E-state index in [0.717, 1.165) is 11.3 Å². The molecule has 0 bridgehead atoms. The van der Waals surface area contributed by atoms with Crippen LogP contribution in [0.15, 0.2) is 24.3 Å². The van der Waals surface area contributed by atoms with Gasteiger partial charge in [0.05, 0.1) is 24.9 Å². The summed E-state index contributed by atoms with van der Waals surface area (Å²) in [6.07, 6.45) is 0.871. The Labute approximate surface area is 142 Å². The molecule has 0 heterocycles. The molecule has 7 heteroatoms. The maximum absolute atomic E-state index is 12.1. The summed E-state index contributed by atoms with van der Waals surface area (Å²) < 4.78 is 4.97. The number of esters is 1. The molecule has 24 heavy (non-hydrogen) atoms. The summed E-state index contributed by atoms with van der Waals surface area (Å²) in [5.41, 5.74) is 0.718. The van der Waals surface area contributed by atoms with Crippen molar-refractivity contribution in [1.29, 1.82) is 0 Å². The van der Waals surface area contributed by atoms with E-state index in [9.17, 15) is 14.4 Å². The predicted molar refractivity (Wildman–Crippen MR) is 90.9 cm³/mol. The monoisotopic (exact) mass is 336 g/mol. The van der Waals surface area contributed by atoms with Gasteiger partial charge in [0.25, 0.3) is 11.8 Å². The van der Waals surface area contributed by atoms with Crippen molar-refractivity contribution in [2.24, 2.45) is 0 Å². The molecule has 1 aromatic rings. The maximum atomic E-state index is 12.1. The van der Waals surface area contributed by atoms with E-state index in [-0.39, 0.29) is 31.5 Å². The molecule has 1 rings (SSSR count). The van der Waals surface area contributed by atoms with Gasteiger partial charge in [-0.05, 0) is 25.5 Å². The molecule has 0 aliphatic carbocycles. The number of amides is 2. The molecule has 0 aliphatic heterocycles. The van der Waals surface area contributed by atoms with Crippen LogP contribution in [0.2, 0.25) is 0 Å². The summed E-state index contributed by atoms with van der Waals surface area (Å²) in [5, 5.41) is 5.48. The summed E-state index contributed by atoms with van der Waals surface area (Å²) in [4.78, 5) is 36.4. The van der Waals surface area contributed by atoms with Gasteiger partial charge >= 0.3 is 5.97 Å². The zero-order chi connectivity index (χ0) is 17.9. The normalized spacial score (nSPS) is 11.5. The highest BCUT2D eigenvalue weighted by Crippen LogP contribution is 2.15. The maximum Gasteiger partial charge on any atom is 0.340 e. The van der Waals surface area contributed by atoms with Gasteiger partial charge in [0, 0.05) is 6.54 Å². The molecule has 0 aliphatic rings. The highest BCUT2D eigenvalue weighted by Gasteiger charge is 2.17. The summed E-state index contributed by atoms with van der Waals surface area (Å²) >= 11 is 0. The zero-order valence-electron chi connectivity index (χ0n) is 14.5. The third-order valence-electron chi connectivity index (χ3n) is 3.19. The number of ether oxygens (including phenoxy) is 1. The van der Waals surface area contributed by atoms with Crippen LogP contribution < -0.4 is 15.5 Å². The molecule has 132 valence electrons. The highest BCUT2D eigenvalue weighted by molar-refractivity contribution is 6.01. The van der Waals surface area contributed by atoms with Crippen molar-refractivity contribution in [2.75, 3.05) is 38.6 Å². The first-order valence-corrected chi connectivity index (χ1v) is 8.11. The first-order valence-electron chi connectivity index (χ1n) is 8.11. The first kappa shape index (κ1) is 19.6. The van der Waals surface area contributed by atoms with Gasteiger partial charge in [-0.1, -0.05) is 19.1 Å². The number of benzene rings is 1. The molecule has 0 saturated heterocycles. The summed E-state index contributed by atoms with van der Waals surface area (Å²) in [6.45, 7) is 4.93. The standard InChI is InChI=1S/C17H25N3O4/c1-4-10-18-15(21)11-20(3)12-16(22)19-14-9-7-6-8-13(14)17(23)24-5-2/h6-9H,4-5,10-12H2,1-3H3,(H,18,21)(H,19,22)/p+1. The van der Waals surface area contributed by atoms with E-state index in [0.29, 0.717) is 17.8 Å². The SMILES string of the molecule is CCCNC(=O)C[NH+](C)CC(=O)Nc1ccccc1C(=O)OCC. The van der Waals surface area contributed by atoms with E-state index in [1.807, 2.05) is 6.92 Å². The molecule has 0 radical (unpaired) electrons. The topological polar surface area (TPSA) is 88.9 Å². The fraction of sp³-hybridized carbons (Fsp3) is 0.471. The Morgan fingerprint density at radius 2 is 1.75 bits per heavy atom. The van der Waals surface area contributed by atoms with Gasteiger partial charge in [-0.15, -0.1) is 0 Å². The lowest BCUT2D eigenvalue weighted by Crippen LogP contribution is -3.11. The third kappa shape index (κ3) is 6.78. The molecular formula is C17H26N3O4+. The number of nitrogens with one attached hydrogen (secondary N) is 3. The third-order valence-corrected chi connectivity index (χ3v) is 3.19. The number of carbonyl (C=O) groups excluding carboxylic acids is 3. The second-order valence-electron chi connectivity index (χ2n) is 5.47. The predicted octanol–water partition coefficient (Wildman–Crippen LogP) is -0.157. The minimum absolute atomic E-state index is 0.0888. The molecule has 1 aromatic carbocycles. The Kier molecular flexibility index (Phi) is 8.49. The minimum Gasteiger partial charge on any atom is -0.462 e. The number of quaternary nitrogens is 1. The van der Waals surface area contributed by atoms with Crippen LogP contribution in [0.5, 0.6) is 0 Å². The molecule has 2 amide bonds. The molecule has 1 unspecified atom stereocenters. The number of rotatable bonds is 9. The zero-order valence-corrected chi connectivity index (χ0v) is 14.5. The Balaban J connectivity index is 2.59. The second-order valence-corrected chi connectivity index (χ2v) is 5.47. The summed E-state index contributed by atoms with van der Waals surface area (Å²) in [6, 6.07) is 6.68. The average Bonchev–Trinajstić information content (AvgIpc) is 2.53. The molecule has 0 aromatic heterocycles. The molecule has 3 N–H and O–H groups in total. The van der Waals surface area contributed by atoms with Crippen molar-refractivity contribution in [3.05, 3.63) is 29.8 Å². The minimum atomic E-state index is -0.479. The lowest BCUT2D eigenvalue weighted by Gasteiger charge is -2.14. The number of likely N-dealkylation sites (N-methyl/N-ethyl adjacent to an activating group) is 1. The summed E-state index contributed by atoms with van der Waals surface area (Å²) in [7, 11) is 1.77. The van der Waals surface area contributed by atoms with Crippen molar-refractivity contribution in [3.63, 3.8) is 0 Å². The van der Waals surface area contributed by atoms with Crippen LogP contribution in [0.3, 0.4) is 0 Å². The Hall–Kier alpha value is -2.41. The van der Waals surface area contributed by atoms with Gasteiger partial charge in [-0.3, -0.25) is 9.59 Å². The van der Waals surface area contributed by atoms with Crippen LogP contribution in [0, 0.1) is 0 Å². The van der Waals surface area contributed by atoms with E-state index in [2.05, 4.69) is 10.6 Å². The van der Waals surface area contributed by atoms with Gasteiger partial charge in [0.1, 0.15) is 0 Å². The van der Waals surface area contributed by atoms with Gasteiger partial charge in [0.15, 0.2) is 13.1 Å². The van der Waals surface area contributed by atoms with E-state index in [4.69, 9.17) is 4.74 Å². The number of carbonyl (C=O) groups is 3. The molecule has 0 saturated carbocycles. The van der Waals surface area contributed by atoms with Gasteiger partial charge in [-0.2, -0.15) is 0 Å². The fourth-order valence-electron chi connectivity index (χ4n) is 2.11. The van der Waals surface area contributed by atoms with Crippen molar-refractivity contribution in [1.82, 2.24) is 5.32 Å². The molecular weight excluding hydrogens is 310 g/mol. The van der Waals surface area contributed by atoms with E-state index in [1.54, 1.807) is 38.2 Å².